The van der Waals surface area contributed by atoms with Gasteiger partial charge in [0.2, 0.25) is 0 Å². The van der Waals surface area contributed by atoms with Gasteiger partial charge in [-0.15, -0.1) is 0 Å². The minimum Gasteiger partial charge on any atom is -0.185 e. The molecule has 2 heteroatoms. The van der Waals surface area contributed by atoms with Gasteiger partial charge in [-0.25, -0.2) is 0 Å². The van der Waals surface area contributed by atoms with E-state index in [2.05, 4.69) is 48.7 Å². The Bertz CT molecular complexity index is 564. The summed E-state index contributed by atoms with van der Waals surface area (Å²) in [5, 5.41) is 10.7. The van der Waals surface area contributed by atoms with Crippen LogP contribution in [0.3, 0.4) is 0 Å². The van der Waals surface area contributed by atoms with E-state index >= 15 is 0 Å². The van der Waals surface area contributed by atoms with Crippen molar-refractivity contribution in [2.24, 2.45) is 0 Å². The molecule has 0 N–H and O–H groups in total. The minimum atomic E-state index is 0.993. The fraction of sp³-hybridized carbons (Fsp3) is 0.278. The predicted octanol–water partition coefficient (Wildman–Crippen LogP) is 5.66. The molecule has 0 heterocycles. The molecule has 0 amide bonds. The van der Waals surface area contributed by atoms with Crippen LogP contribution in [0.2, 0.25) is 0 Å². The van der Waals surface area contributed by atoms with Crippen LogP contribution in [0.1, 0.15) is 31.7 Å². The zero-order chi connectivity index (χ0) is 14.2. The molecular formula is C18H19NS. The number of nitriles is 1. The van der Waals surface area contributed by atoms with E-state index in [9.17, 15) is 0 Å². The Balaban J connectivity index is 2.04. The Hall–Kier alpha value is -1.72. The van der Waals surface area contributed by atoms with E-state index in [1.54, 1.807) is 0 Å². The second-order valence-corrected chi connectivity index (χ2v) is 5.73. The van der Waals surface area contributed by atoms with Crippen molar-refractivity contribution < 1.29 is 0 Å². The Morgan fingerprint density at radius 2 is 1.50 bits per heavy atom. The van der Waals surface area contributed by atoms with Gasteiger partial charge in [0.05, 0.1) is 0 Å². The van der Waals surface area contributed by atoms with Crippen LogP contribution < -0.4 is 0 Å². The summed E-state index contributed by atoms with van der Waals surface area (Å²) >= 11 is 1.20. The molecule has 0 radical (unpaired) electrons. The molecule has 0 aromatic heterocycles. The first kappa shape index (κ1) is 14.7. The molecule has 0 aliphatic rings. The molecule has 0 saturated heterocycles. The summed E-state index contributed by atoms with van der Waals surface area (Å²) in [6.07, 6.45) is 5.02. The van der Waals surface area contributed by atoms with E-state index in [0.29, 0.717) is 0 Å². The molecule has 102 valence electrons. The molecule has 20 heavy (non-hydrogen) atoms. The molecule has 2 rings (SSSR count). The largest absolute Gasteiger partial charge is 0.185 e. The first-order chi connectivity index (χ1) is 9.83. The van der Waals surface area contributed by atoms with Crippen LogP contribution in [0.5, 0.6) is 0 Å². The van der Waals surface area contributed by atoms with Crippen molar-refractivity contribution in [3.63, 3.8) is 0 Å². The minimum absolute atomic E-state index is 0.993. The van der Waals surface area contributed by atoms with E-state index in [1.807, 2.05) is 12.1 Å². The van der Waals surface area contributed by atoms with Gasteiger partial charge in [0, 0.05) is 4.90 Å². The molecule has 2 aromatic rings. The molecule has 0 spiro atoms. The maximum absolute atomic E-state index is 8.64. The van der Waals surface area contributed by atoms with Crippen molar-refractivity contribution in [1.82, 2.24) is 0 Å². The Labute approximate surface area is 125 Å². The molecular weight excluding hydrogens is 262 g/mol. The van der Waals surface area contributed by atoms with Crippen LogP contribution in [-0.4, -0.2) is 0 Å². The highest BCUT2D eigenvalue weighted by Crippen LogP contribution is 2.24. The highest BCUT2D eigenvalue weighted by Gasteiger charge is 1.99. The molecule has 0 bridgehead atoms. The molecule has 2 aromatic carbocycles. The summed E-state index contributed by atoms with van der Waals surface area (Å²) in [6, 6.07) is 17.0. The Morgan fingerprint density at radius 3 is 2.05 bits per heavy atom. The SMILES string of the molecule is CCCCCc1ccc(-c2ccc(SC#N)cc2)cc1. The lowest BCUT2D eigenvalue weighted by Crippen LogP contribution is -1.86. The summed E-state index contributed by atoms with van der Waals surface area (Å²) in [7, 11) is 0. The van der Waals surface area contributed by atoms with Crippen LogP contribution in [-0.2, 0) is 6.42 Å². The van der Waals surface area contributed by atoms with Crippen molar-refractivity contribution in [2.75, 3.05) is 0 Å². The number of thioether (sulfide) groups is 1. The van der Waals surface area contributed by atoms with Gasteiger partial charge in [0.15, 0.2) is 0 Å². The van der Waals surface area contributed by atoms with Gasteiger partial charge in [-0.1, -0.05) is 56.2 Å². The molecule has 0 fully saturated rings. The first-order valence-electron chi connectivity index (χ1n) is 7.09. The normalized spacial score (nSPS) is 10.2. The van der Waals surface area contributed by atoms with E-state index in [4.69, 9.17) is 5.26 Å². The number of aryl methyl sites for hydroxylation is 1. The fourth-order valence-corrected chi connectivity index (χ4v) is 2.59. The molecule has 0 aliphatic carbocycles. The molecule has 1 nitrogen and oxygen atoms in total. The molecule has 0 aliphatic heterocycles. The lowest BCUT2D eigenvalue weighted by Gasteiger charge is -2.05. The summed E-state index contributed by atoms with van der Waals surface area (Å²) in [5.41, 5.74) is 3.85. The maximum Gasteiger partial charge on any atom is 0.138 e. The van der Waals surface area contributed by atoms with Crippen LogP contribution in [0.25, 0.3) is 11.1 Å². The average Bonchev–Trinajstić information content (AvgIpc) is 2.49. The van der Waals surface area contributed by atoms with Crippen LogP contribution in [0.4, 0.5) is 0 Å². The standard InChI is InChI=1S/C18H19NS/c1-2-3-4-5-15-6-8-16(9-7-15)17-10-12-18(13-11-17)20-14-19/h6-13H,2-5H2,1H3. The van der Waals surface area contributed by atoms with E-state index in [1.165, 1.54) is 54.1 Å². The van der Waals surface area contributed by atoms with Crippen LogP contribution in [0.15, 0.2) is 53.4 Å². The van der Waals surface area contributed by atoms with Crippen LogP contribution in [0, 0.1) is 10.7 Å². The van der Waals surface area contributed by atoms with E-state index < -0.39 is 0 Å². The van der Waals surface area contributed by atoms with Crippen molar-refractivity contribution in [3.8, 4) is 16.5 Å². The molecule has 0 atom stereocenters. The Morgan fingerprint density at radius 1 is 0.900 bits per heavy atom. The number of thiocyanates is 1. The second kappa shape index (κ2) is 7.77. The third-order valence-electron chi connectivity index (χ3n) is 3.37. The smallest absolute Gasteiger partial charge is 0.138 e. The van der Waals surface area contributed by atoms with Crippen molar-refractivity contribution in [2.45, 2.75) is 37.5 Å². The van der Waals surface area contributed by atoms with Crippen molar-refractivity contribution >= 4 is 11.8 Å². The first-order valence-corrected chi connectivity index (χ1v) is 7.90. The quantitative estimate of drug-likeness (QED) is 0.387. The molecule has 0 unspecified atom stereocenters. The summed E-state index contributed by atoms with van der Waals surface area (Å²) < 4.78 is 0. The van der Waals surface area contributed by atoms with Gasteiger partial charge in [0.25, 0.3) is 0 Å². The maximum atomic E-state index is 8.64. The van der Waals surface area contributed by atoms with Gasteiger partial charge < -0.3 is 0 Å². The highest BCUT2D eigenvalue weighted by molar-refractivity contribution is 8.03. The third kappa shape index (κ3) is 4.15. The van der Waals surface area contributed by atoms with Gasteiger partial charge >= 0.3 is 0 Å². The predicted molar refractivity (Wildman–Crippen MR) is 86.6 cm³/mol. The number of rotatable bonds is 6. The van der Waals surface area contributed by atoms with Gasteiger partial charge in [-0.05, 0) is 53.4 Å². The van der Waals surface area contributed by atoms with Gasteiger partial charge in [-0.2, -0.15) is 5.26 Å². The number of hydrogen-bond donors (Lipinski definition) is 0. The monoisotopic (exact) mass is 281 g/mol. The number of benzene rings is 2. The van der Waals surface area contributed by atoms with E-state index in [0.717, 1.165) is 4.90 Å². The van der Waals surface area contributed by atoms with Crippen molar-refractivity contribution in [1.29, 1.82) is 5.26 Å². The lowest BCUT2D eigenvalue weighted by molar-refractivity contribution is 0.717. The topological polar surface area (TPSA) is 23.8 Å². The fourth-order valence-electron chi connectivity index (χ4n) is 2.21. The molecule has 0 saturated carbocycles. The van der Waals surface area contributed by atoms with Crippen LogP contribution >= 0.6 is 11.8 Å². The number of hydrogen-bond acceptors (Lipinski definition) is 2. The zero-order valence-corrected chi connectivity index (χ0v) is 12.6. The highest BCUT2D eigenvalue weighted by atomic mass is 32.2. The third-order valence-corrected chi connectivity index (χ3v) is 3.97. The number of unbranched alkanes of at least 4 members (excludes halogenated alkanes) is 2. The van der Waals surface area contributed by atoms with Crippen molar-refractivity contribution in [3.05, 3.63) is 54.1 Å². The zero-order valence-electron chi connectivity index (χ0n) is 11.8. The summed E-state index contributed by atoms with van der Waals surface area (Å²) in [4.78, 5) is 0.993. The number of nitrogens with zero attached hydrogens (tertiary/aromatic N) is 1. The summed E-state index contributed by atoms with van der Waals surface area (Å²) in [5.74, 6) is 0. The summed E-state index contributed by atoms with van der Waals surface area (Å²) in [6.45, 7) is 2.23. The second-order valence-electron chi connectivity index (χ2n) is 4.87. The van der Waals surface area contributed by atoms with Gasteiger partial charge in [-0.3, -0.25) is 0 Å². The van der Waals surface area contributed by atoms with E-state index in [-0.39, 0.29) is 0 Å². The van der Waals surface area contributed by atoms with Gasteiger partial charge in [0.1, 0.15) is 5.40 Å². The lowest BCUT2D eigenvalue weighted by atomic mass is 10.0. The average molecular weight is 281 g/mol. The Kier molecular flexibility index (Phi) is 5.70.